The van der Waals surface area contributed by atoms with Crippen molar-refractivity contribution in [2.45, 2.75) is 12.5 Å². The number of Topliss-reactive ketones (excluding diaryl/α,β-unsaturated/α-hetero) is 1. The second kappa shape index (κ2) is 4.80. The number of carbonyl (C=O) groups excluding carboxylic acids is 2. The van der Waals surface area contributed by atoms with E-state index in [9.17, 15) is 18.4 Å². The van der Waals surface area contributed by atoms with Crippen LogP contribution in [0.4, 0.5) is 8.78 Å². The standard InChI is InChI=1S/C10H10F2N2O2/c11-5-1-2-6(7(12)3-5)10(16)8(13)4-9(14)15/h1-3,8H,4,13H2,(H2,14,15). The van der Waals surface area contributed by atoms with Gasteiger partial charge in [-0.15, -0.1) is 0 Å². The minimum absolute atomic E-state index is 0.352. The van der Waals surface area contributed by atoms with E-state index in [-0.39, 0.29) is 12.0 Å². The normalized spacial score (nSPS) is 12.2. The van der Waals surface area contributed by atoms with Crippen molar-refractivity contribution >= 4 is 11.7 Å². The highest BCUT2D eigenvalue weighted by atomic mass is 19.1. The van der Waals surface area contributed by atoms with E-state index in [2.05, 4.69) is 0 Å². The van der Waals surface area contributed by atoms with Gasteiger partial charge < -0.3 is 11.5 Å². The van der Waals surface area contributed by atoms with Crippen molar-refractivity contribution in [2.24, 2.45) is 11.5 Å². The van der Waals surface area contributed by atoms with Gasteiger partial charge in [-0.05, 0) is 12.1 Å². The largest absolute Gasteiger partial charge is 0.370 e. The number of primary amides is 1. The highest BCUT2D eigenvalue weighted by Crippen LogP contribution is 2.12. The number of hydrogen-bond donors (Lipinski definition) is 2. The van der Waals surface area contributed by atoms with Crippen LogP contribution in [0.1, 0.15) is 16.8 Å². The predicted molar refractivity (Wildman–Crippen MR) is 52.5 cm³/mol. The van der Waals surface area contributed by atoms with Crippen molar-refractivity contribution < 1.29 is 18.4 Å². The van der Waals surface area contributed by atoms with E-state index in [0.29, 0.717) is 6.07 Å². The Hall–Kier alpha value is -1.82. The van der Waals surface area contributed by atoms with Crippen LogP contribution in [-0.2, 0) is 4.79 Å². The molecule has 4 nitrogen and oxygen atoms in total. The smallest absolute Gasteiger partial charge is 0.219 e. The van der Waals surface area contributed by atoms with Gasteiger partial charge in [0.25, 0.3) is 0 Å². The van der Waals surface area contributed by atoms with Crippen molar-refractivity contribution in [2.75, 3.05) is 0 Å². The van der Waals surface area contributed by atoms with Crippen LogP contribution in [-0.4, -0.2) is 17.7 Å². The van der Waals surface area contributed by atoms with Gasteiger partial charge in [0.1, 0.15) is 11.6 Å². The van der Waals surface area contributed by atoms with Gasteiger partial charge >= 0.3 is 0 Å². The molecular formula is C10H10F2N2O2. The van der Waals surface area contributed by atoms with Crippen LogP contribution in [0, 0.1) is 11.6 Å². The van der Waals surface area contributed by atoms with E-state index >= 15 is 0 Å². The highest BCUT2D eigenvalue weighted by Gasteiger charge is 2.21. The fourth-order valence-electron chi connectivity index (χ4n) is 1.20. The van der Waals surface area contributed by atoms with Crippen molar-refractivity contribution in [1.82, 2.24) is 0 Å². The Morgan fingerprint density at radius 1 is 1.31 bits per heavy atom. The molecule has 1 aromatic carbocycles. The molecule has 1 rings (SSSR count). The summed E-state index contributed by atoms with van der Waals surface area (Å²) in [4.78, 5) is 22.0. The fourth-order valence-corrected chi connectivity index (χ4v) is 1.20. The molecule has 1 aromatic rings. The molecule has 0 spiro atoms. The lowest BCUT2D eigenvalue weighted by molar-refractivity contribution is -0.118. The van der Waals surface area contributed by atoms with Crippen LogP contribution in [0.25, 0.3) is 0 Å². The van der Waals surface area contributed by atoms with Crippen molar-refractivity contribution in [3.8, 4) is 0 Å². The minimum Gasteiger partial charge on any atom is -0.370 e. The molecule has 0 aromatic heterocycles. The Bertz CT molecular complexity index is 435. The maximum Gasteiger partial charge on any atom is 0.219 e. The third-order valence-corrected chi connectivity index (χ3v) is 1.95. The SMILES string of the molecule is NC(=O)CC(N)C(=O)c1ccc(F)cc1F. The molecule has 1 atom stereocenters. The zero-order valence-electron chi connectivity index (χ0n) is 8.24. The van der Waals surface area contributed by atoms with Gasteiger partial charge in [-0.1, -0.05) is 0 Å². The number of ketones is 1. The number of amides is 1. The molecule has 1 unspecified atom stereocenters. The molecule has 16 heavy (non-hydrogen) atoms. The Balaban J connectivity index is 2.92. The Labute approximate surface area is 90.2 Å². The quantitative estimate of drug-likeness (QED) is 0.729. The molecule has 0 aliphatic rings. The lowest BCUT2D eigenvalue weighted by Gasteiger charge is -2.08. The number of carbonyl (C=O) groups is 2. The molecule has 0 fully saturated rings. The highest BCUT2D eigenvalue weighted by molar-refractivity contribution is 6.02. The Kier molecular flexibility index (Phi) is 3.68. The van der Waals surface area contributed by atoms with Gasteiger partial charge in [-0.2, -0.15) is 0 Å². The molecule has 0 radical (unpaired) electrons. The maximum atomic E-state index is 13.2. The molecule has 0 heterocycles. The molecule has 86 valence electrons. The molecule has 4 N–H and O–H groups in total. The average Bonchev–Trinajstić information content (AvgIpc) is 2.15. The first kappa shape index (κ1) is 12.3. The molecule has 1 amide bonds. The van der Waals surface area contributed by atoms with Gasteiger partial charge in [-0.25, -0.2) is 8.78 Å². The number of halogens is 2. The summed E-state index contributed by atoms with van der Waals surface area (Å²) in [5.74, 6) is -3.35. The average molecular weight is 228 g/mol. The second-order valence-electron chi connectivity index (χ2n) is 3.27. The van der Waals surface area contributed by atoms with Crippen LogP contribution in [0.2, 0.25) is 0 Å². The Morgan fingerprint density at radius 3 is 2.44 bits per heavy atom. The summed E-state index contributed by atoms with van der Waals surface area (Å²) in [7, 11) is 0. The van der Waals surface area contributed by atoms with Gasteiger partial charge in [0, 0.05) is 12.5 Å². The van der Waals surface area contributed by atoms with E-state index in [1.165, 1.54) is 0 Å². The van der Waals surface area contributed by atoms with Crippen molar-refractivity contribution in [1.29, 1.82) is 0 Å². The summed E-state index contributed by atoms with van der Waals surface area (Å²) in [5.41, 5.74) is 9.84. The monoisotopic (exact) mass is 228 g/mol. The van der Waals surface area contributed by atoms with Crippen LogP contribution in [0.15, 0.2) is 18.2 Å². The fraction of sp³-hybridized carbons (Fsp3) is 0.200. The van der Waals surface area contributed by atoms with Crippen LogP contribution in [0.3, 0.4) is 0 Å². The van der Waals surface area contributed by atoms with Gasteiger partial charge in [0.2, 0.25) is 5.91 Å². The van der Waals surface area contributed by atoms with E-state index in [1.807, 2.05) is 0 Å². The van der Waals surface area contributed by atoms with E-state index in [4.69, 9.17) is 11.5 Å². The van der Waals surface area contributed by atoms with E-state index in [0.717, 1.165) is 12.1 Å². The van der Waals surface area contributed by atoms with Crippen LogP contribution < -0.4 is 11.5 Å². The summed E-state index contributed by atoms with van der Waals surface area (Å²) >= 11 is 0. The van der Waals surface area contributed by atoms with Gasteiger partial charge in [0.05, 0.1) is 11.6 Å². The molecule has 0 bridgehead atoms. The Morgan fingerprint density at radius 2 is 1.94 bits per heavy atom. The third-order valence-electron chi connectivity index (χ3n) is 1.95. The van der Waals surface area contributed by atoms with Crippen molar-refractivity contribution in [3.63, 3.8) is 0 Å². The summed E-state index contributed by atoms with van der Waals surface area (Å²) in [6.45, 7) is 0. The molecular weight excluding hydrogens is 218 g/mol. The first-order chi connectivity index (χ1) is 7.41. The van der Waals surface area contributed by atoms with Crippen LogP contribution in [0.5, 0.6) is 0 Å². The predicted octanol–water partition coefficient (Wildman–Crippen LogP) is 0.350. The number of nitrogens with two attached hydrogens (primary N) is 2. The first-order valence-electron chi connectivity index (χ1n) is 4.45. The van der Waals surface area contributed by atoms with Gasteiger partial charge in [-0.3, -0.25) is 9.59 Å². The summed E-state index contributed by atoms with van der Waals surface area (Å²) in [6, 6.07) is 1.28. The summed E-state index contributed by atoms with van der Waals surface area (Å²) < 4.78 is 25.7. The van der Waals surface area contributed by atoms with Gasteiger partial charge in [0.15, 0.2) is 5.78 Å². The number of hydrogen-bond acceptors (Lipinski definition) is 3. The van der Waals surface area contributed by atoms with E-state index in [1.54, 1.807) is 0 Å². The van der Waals surface area contributed by atoms with E-state index < -0.39 is 29.4 Å². The molecule has 0 aliphatic carbocycles. The zero-order chi connectivity index (χ0) is 12.3. The molecule has 0 saturated carbocycles. The third kappa shape index (κ3) is 2.83. The zero-order valence-corrected chi connectivity index (χ0v) is 8.24. The first-order valence-corrected chi connectivity index (χ1v) is 4.45. The number of benzene rings is 1. The summed E-state index contributed by atoms with van der Waals surface area (Å²) in [5, 5.41) is 0. The maximum absolute atomic E-state index is 13.2. The second-order valence-corrected chi connectivity index (χ2v) is 3.27. The molecule has 6 heteroatoms. The minimum atomic E-state index is -1.21. The molecule has 0 aliphatic heterocycles. The molecule has 0 saturated heterocycles. The summed E-state index contributed by atoms with van der Waals surface area (Å²) in [6.07, 6.45) is -0.379. The number of rotatable bonds is 4. The lowest BCUT2D eigenvalue weighted by Crippen LogP contribution is -2.35. The van der Waals surface area contributed by atoms with Crippen molar-refractivity contribution in [3.05, 3.63) is 35.4 Å². The topological polar surface area (TPSA) is 86.2 Å². The van der Waals surface area contributed by atoms with Crippen LogP contribution >= 0.6 is 0 Å². The lowest BCUT2D eigenvalue weighted by atomic mass is 10.0.